The van der Waals surface area contributed by atoms with Crippen molar-refractivity contribution in [3.63, 3.8) is 0 Å². The van der Waals surface area contributed by atoms with Crippen LogP contribution in [0.1, 0.15) is 21.6 Å². The van der Waals surface area contributed by atoms with Crippen LogP contribution in [-0.2, 0) is 0 Å². The van der Waals surface area contributed by atoms with Crippen LogP contribution in [0.4, 0.5) is 5.69 Å². The summed E-state index contributed by atoms with van der Waals surface area (Å²) in [4.78, 5) is 16.2. The Bertz CT molecular complexity index is 656. The van der Waals surface area contributed by atoms with Crippen LogP contribution in [-0.4, -0.2) is 18.0 Å². The molecule has 104 valence electrons. The van der Waals surface area contributed by atoms with Gasteiger partial charge in [0, 0.05) is 17.6 Å². The maximum Gasteiger partial charge on any atom is 0.258 e. The molecule has 4 nitrogen and oxygen atoms in total. The van der Waals surface area contributed by atoms with Gasteiger partial charge in [-0.25, -0.2) is 0 Å². The minimum absolute atomic E-state index is 0.285. The number of nitrogens with one attached hydrogen (secondary N) is 1. The number of methoxy groups -OCH3 is 1. The average molecular weight is 291 g/mol. The molecule has 0 aliphatic heterocycles. The largest absolute Gasteiger partial charge is 0.496 e. The van der Waals surface area contributed by atoms with Crippen molar-refractivity contribution in [3.05, 3.63) is 52.3 Å². The van der Waals surface area contributed by atoms with E-state index in [1.807, 2.05) is 19.9 Å². The summed E-state index contributed by atoms with van der Waals surface area (Å²) in [6, 6.07) is 7.08. The van der Waals surface area contributed by atoms with Gasteiger partial charge < -0.3 is 10.1 Å². The number of anilines is 1. The molecule has 5 heteroatoms. The van der Waals surface area contributed by atoms with E-state index in [0.29, 0.717) is 16.3 Å². The van der Waals surface area contributed by atoms with Crippen molar-refractivity contribution in [2.75, 3.05) is 12.4 Å². The second-order valence-corrected chi connectivity index (χ2v) is 4.85. The third-order valence-electron chi connectivity index (χ3n) is 2.89. The lowest BCUT2D eigenvalue weighted by atomic mass is 10.2. The van der Waals surface area contributed by atoms with Crippen molar-refractivity contribution in [2.24, 2.45) is 0 Å². The summed E-state index contributed by atoms with van der Waals surface area (Å²) < 4.78 is 5.18. The van der Waals surface area contributed by atoms with Crippen LogP contribution in [0.15, 0.2) is 30.5 Å². The van der Waals surface area contributed by atoms with Gasteiger partial charge in [0.05, 0.1) is 17.7 Å². The zero-order valence-corrected chi connectivity index (χ0v) is 12.3. The van der Waals surface area contributed by atoms with Gasteiger partial charge in [0.25, 0.3) is 5.91 Å². The minimum atomic E-state index is -0.285. The van der Waals surface area contributed by atoms with Gasteiger partial charge >= 0.3 is 0 Å². The number of nitrogens with zero attached hydrogens (tertiary/aromatic N) is 1. The molecule has 0 unspecified atom stereocenters. The lowest BCUT2D eigenvalue weighted by Crippen LogP contribution is -2.13. The highest BCUT2D eigenvalue weighted by molar-refractivity contribution is 6.34. The molecule has 1 aromatic heterocycles. The molecule has 1 heterocycles. The number of carbonyl (C=O) groups is 1. The molecule has 2 aromatic rings. The van der Waals surface area contributed by atoms with Gasteiger partial charge in [0.15, 0.2) is 0 Å². The number of hydrogen-bond acceptors (Lipinski definition) is 3. The Morgan fingerprint density at radius 2 is 2.05 bits per heavy atom. The molecule has 0 fully saturated rings. The van der Waals surface area contributed by atoms with Crippen molar-refractivity contribution in [2.45, 2.75) is 13.8 Å². The Morgan fingerprint density at radius 1 is 1.30 bits per heavy atom. The van der Waals surface area contributed by atoms with Gasteiger partial charge in [-0.3, -0.25) is 9.78 Å². The zero-order valence-electron chi connectivity index (χ0n) is 11.5. The fraction of sp³-hybridized carbons (Fsp3) is 0.200. The molecule has 0 saturated heterocycles. The van der Waals surface area contributed by atoms with Gasteiger partial charge in [-0.1, -0.05) is 11.6 Å². The second-order valence-electron chi connectivity index (χ2n) is 4.44. The predicted molar refractivity (Wildman–Crippen MR) is 79.7 cm³/mol. The number of aromatic nitrogens is 1. The van der Waals surface area contributed by atoms with Crippen molar-refractivity contribution >= 4 is 23.2 Å². The number of pyridine rings is 1. The minimum Gasteiger partial charge on any atom is -0.496 e. The molecule has 0 spiro atoms. The lowest BCUT2D eigenvalue weighted by molar-refractivity contribution is 0.102. The summed E-state index contributed by atoms with van der Waals surface area (Å²) in [5, 5.41) is 3.18. The van der Waals surface area contributed by atoms with Gasteiger partial charge in [-0.05, 0) is 43.7 Å². The molecule has 0 saturated carbocycles. The molecule has 1 N–H and O–H groups in total. The van der Waals surface area contributed by atoms with Crippen LogP contribution in [0.5, 0.6) is 5.75 Å². The normalized spacial score (nSPS) is 10.2. The zero-order chi connectivity index (χ0) is 14.7. The van der Waals surface area contributed by atoms with E-state index in [0.717, 1.165) is 17.0 Å². The van der Waals surface area contributed by atoms with Crippen LogP contribution in [0.25, 0.3) is 0 Å². The first-order valence-corrected chi connectivity index (χ1v) is 6.47. The number of carbonyl (C=O) groups excluding carboxylic acids is 1. The Morgan fingerprint density at radius 3 is 2.65 bits per heavy atom. The van der Waals surface area contributed by atoms with Crippen LogP contribution < -0.4 is 10.1 Å². The average Bonchev–Trinajstić information content (AvgIpc) is 2.38. The van der Waals surface area contributed by atoms with Crippen LogP contribution in [0.2, 0.25) is 5.02 Å². The van der Waals surface area contributed by atoms with Gasteiger partial charge in [0.2, 0.25) is 0 Å². The van der Waals surface area contributed by atoms with E-state index < -0.39 is 0 Å². The van der Waals surface area contributed by atoms with Crippen molar-refractivity contribution < 1.29 is 9.53 Å². The smallest absolute Gasteiger partial charge is 0.258 e. The SMILES string of the molecule is COc1ccc(NC(=O)c2cnc(C)cc2Cl)cc1C. The van der Waals surface area contributed by atoms with E-state index in [9.17, 15) is 4.79 Å². The Balaban J connectivity index is 2.21. The summed E-state index contributed by atoms with van der Waals surface area (Å²) in [5.74, 6) is 0.491. The first-order valence-electron chi connectivity index (χ1n) is 6.09. The molecule has 1 aromatic carbocycles. The number of benzene rings is 1. The standard InChI is InChI=1S/C15H15ClN2O2/c1-9-6-11(4-5-14(9)20-3)18-15(19)12-8-17-10(2)7-13(12)16/h4-8H,1-3H3,(H,18,19). The van der Waals surface area contributed by atoms with Gasteiger partial charge in [-0.2, -0.15) is 0 Å². The molecule has 0 bridgehead atoms. The summed E-state index contributed by atoms with van der Waals surface area (Å²) in [7, 11) is 1.61. The Hall–Kier alpha value is -2.07. The Kier molecular flexibility index (Phi) is 4.25. The first-order chi connectivity index (χ1) is 9.51. The molecule has 0 atom stereocenters. The highest BCUT2D eigenvalue weighted by Gasteiger charge is 2.12. The first kappa shape index (κ1) is 14.3. The maximum absolute atomic E-state index is 12.1. The molecule has 20 heavy (non-hydrogen) atoms. The molecule has 0 aliphatic carbocycles. The van der Waals surface area contributed by atoms with E-state index in [2.05, 4.69) is 10.3 Å². The van der Waals surface area contributed by atoms with Crippen LogP contribution in [0.3, 0.4) is 0 Å². The number of rotatable bonds is 3. The summed E-state index contributed by atoms with van der Waals surface area (Å²) in [5.41, 5.74) is 2.75. The third kappa shape index (κ3) is 3.08. The number of ether oxygens (including phenoxy) is 1. The lowest BCUT2D eigenvalue weighted by Gasteiger charge is -2.09. The van der Waals surface area contributed by atoms with E-state index in [1.54, 1.807) is 25.3 Å². The number of aryl methyl sites for hydroxylation is 2. The molecular weight excluding hydrogens is 276 g/mol. The second kappa shape index (κ2) is 5.92. The molecule has 0 radical (unpaired) electrons. The van der Waals surface area contributed by atoms with Crippen molar-refractivity contribution in [3.8, 4) is 5.75 Å². The van der Waals surface area contributed by atoms with E-state index in [4.69, 9.17) is 16.3 Å². The molecule has 0 aliphatic rings. The maximum atomic E-state index is 12.1. The predicted octanol–water partition coefficient (Wildman–Crippen LogP) is 3.61. The van der Waals surface area contributed by atoms with Crippen LogP contribution >= 0.6 is 11.6 Å². The van der Waals surface area contributed by atoms with E-state index in [1.165, 1.54) is 6.20 Å². The van der Waals surface area contributed by atoms with E-state index in [-0.39, 0.29) is 5.91 Å². The number of amides is 1. The van der Waals surface area contributed by atoms with Gasteiger partial charge in [-0.15, -0.1) is 0 Å². The fourth-order valence-corrected chi connectivity index (χ4v) is 2.14. The van der Waals surface area contributed by atoms with E-state index >= 15 is 0 Å². The Labute approximate surface area is 122 Å². The summed E-state index contributed by atoms with van der Waals surface area (Å²) in [6.07, 6.45) is 1.48. The summed E-state index contributed by atoms with van der Waals surface area (Å²) >= 11 is 6.05. The molecule has 1 amide bonds. The number of halogens is 1. The highest BCUT2D eigenvalue weighted by atomic mass is 35.5. The monoisotopic (exact) mass is 290 g/mol. The van der Waals surface area contributed by atoms with Crippen LogP contribution in [0, 0.1) is 13.8 Å². The summed E-state index contributed by atoms with van der Waals surface area (Å²) in [6.45, 7) is 3.73. The molecular formula is C15H15ClN2O2. The quantitative estimate of drug-likeness (QED) is 0.939. The van der Waals surface area contributed by atoms with Gasteiger partial charge in [0.1, 0.15) is 5.75 Å². The topological polar surface area (TPSA) is 51.2 Å². The van der Waals surface area contributed by atoms with Crippen molar-refractivity contribution in [1.29, 1.82) is 0 Å². The highest BCUT2D eigenvalue weighted by Crippen LogP contribution is 2.23. The molecule has 2 rings (SSSR count). The third-order valence-corrected chi connectivity index (χ3v) is 3.20. The van der Waals surface area contributed by atoms with Crippen molar-refractivity contribution in [1.82, 2.24) is 4.98 Å². The fourth-order valence-electron chi connectivity index (χ4n) is 1.85. The number of hydrogen-bond donors (Lipinski definition) is 1.